The van der Waals surface area contributed by atoms with Gasteiger partial charge in [0.25, 0.3) is 0 Å². The molecule has 0 radical (unpaired) electrons. The first-order chi connectivity index (χ1) is 13.2. The van der Waals surface area contributed by atoms with Gasteiger partial charge in [-0.3, -0.25) is 14.6 Å². The molecular weight excluding hydrogens is 338 g/mol. The van der Waals surface area contributed by atoms with Crippen LogP contribution < -0.4 is 10.6 Å². The molecule has 142 valence electrons. The Morgan fingerprint density at radius 3 is 2.11 bits per heavy atom. The van der Waals surface area contributed by atoms with Gasteiger partial charge in [0.15, 0.2) is 0 Å². The van der Waals surface area contributed by atoms with Gasteiger partial charge in [-0.2, -0.15) is 0 Å². The van der Waals surface area contributed by atoms with E-state index in [4.69, 9.17) is 0 Å². The van der Waals surface area contributed by atoms with Crippen molar-refractivity contribution in [2.45, 2.75) is 38.6 Å². The molecule has 0 aliphatic heterocycles. The molecular formula is C22H27N3O2. The zero-order valence-corrected chi connectivity index (χ0v) is 15.6. The maximum absolute atomic E-state index is 12.4. The van der Waals surface area contributed by atoms with Crippen LogP contribution in [0.25, 0.3) is 0 Å². The van der Waals surface area contributed by atoms with Gasteiger partial charge in [0.2, 0.25) is 11.8 Å². The molecule has 5 nitrogen and oxygen atoms in total. The van der Waals surface area contributed by atoms with Crippen LogP contribution in [-0.4, -0.2) is 23.3 Å². The smallest absolute Gasteiger partial charge is 0.223 e. The molecule has 2 amide bonds. The summed E-state index contributed by atoms with van der Waals surface area (Å²) < 4.78 is 0. The van der Waals surface area contributed by atoms with Crippen molar-refractivity contribution >= 4 is 11.8 Å². The maximum Gasteiger partial charge on any atom is 0.223 e. The lowest BCUT2D eigenvalue weighted by molar-refractivity contribution is -0.130. The zero-order valence-electron chi connectivity index (χ0n) is 15.6. The highest BCUT2D eigenvalue weighted by Crippen LogP contribution is 2.29. The number of nitrogens with one attached hydrogen (secondary N) is 2. The number of hydrogen-bond acceptors (Lipinski definition) is 3. The summed E-state index contributed by atoms with van der Waals surface area (Å²) in [4.78, 5) is 28.8. The molecule has 0 atom stereocenters. The Morgan fingerprint density at radius 2 is 1.48 bits per heavy atom. The molecule has 3 rings (SSSR count). The summed E-state index contributed by atoms with van der Waals surface area (Å²) in [6.45, 7) is 1.17. The second-order valence-electron chi connectivity index (χ2n) is 7.15. The Morgan fingerprint density at radius 1 is 0.852 bits per heavy atom. The lowest BCUT2D eigenvalue weighted by Crippen LogP contribution is -2.37. The Hall–Kier alpha value is -2.69. The third-order valence-electron chi connectivity index (χ3n) is 5.21. The van der Waals surface area contributed by atoms with E-state index in [1.54, 1.807) is 12.4 Å². The molecule has 1 aliphatic rings. The lowest BCUT2D eigenvalue weighted by Gasteiger charge is -2.27. The van der Waals surface area contributed by atoms with Gasteiger partial charge in [-0.15, -0.1) is 0 Å². The van der Waals surface area contributed by atoms with Crippen LogP contribution in [0.2, 0.25) is 0 Å². The van der Waals surface area contributed by atoms with E-state index in [-0.39, 0.29) is 23.7 Å². The molecule has 0 saturated heterocycles. The van der Waals surface area contributed by atoms with E-state index in [2.05, 4.69) is 27.8 Å². The highest BCUT2D eigenvalue weighted by atomic mass is 16.2. The summed E-state index contributed by atoms with van der Waals surface area (Å²) in [5, 5.41) is 6.03. The molecule has 0 bridgehead atoms. The van der Waals surface area contributed by atoms with Gasteiger partial charge in [0.1, 0.15) is 0 Å². The SMILES string of the molecule is O=C(NCCc1ccccc1)C1CCC(C(=O)NCc2cccnc2)CC1. The molecule has 5 heteroatoms. The summed E-state index contributed by atoms with van der Waals surface area (Å²) in [5.74, 6) is 0.250. The van der Waals surface area contributed by atoms with Crippen LogP contribution in [0.1, 0.15) is 36.8 Å². The molecule has 1 aromatic carbocycles. The van der Waals surface area contributed by atoms with E-state index >= 15 is 0 Å². The van der Waals surface area contributed by atoms with E-state index in [9.17, 15) is 9.59 Å². The summed E-state index contributed by atoms with van der Waals surface area (Å²) in [7, 11) is 0. The standard InChI is InChI=1S/C22H27N3O2/c26-21(24-14-12-17-5-2-1-3-6-17)19-8-10-20(11-9-19)22(27)25-16-18-7-4-13-23-15-18/h1-7,13,15,19-20H,8-12,14,16H2,(H,24,26)(H,25,27). The van der Waals surface area contributed by atoms with E-state index in [0.29, 0.717) is 13.1 Å². The van der Waals surface area contributed by atoms with Gasteiger partial charge < -0.3 is 10.6 Å². The average molecular weight is 365 g/mol. The number of hydrogen-bond donors (Lipinski definition) is 2. The van der Waals surface area contributed by atoms with Crippen LogP contribution in [0, 0.1) is 11.8 Å². The Kier molecular flexibility index (Phi) is 6.97. The molecule has 1 heterocycles. The minimum absolute atomic E-state index is 0.00930. The van der Waals surface area contributed by atoms with Gasteiger partial charge in [0.05, 0.1) is 0 Å². The number of aromatic nitrogens is 1. The van der Waals surface area contributed by atoms with E-state index in [0.717, 1.165) is 37.7 Å². The summed E-state index contributed by atoms with van der Waals surface area (Å²) in [6.07, 6.45) is 7.43. The van der Waals surface area contributed by atoms with Crippen molar-refractivity contribution in [2.24, 2.45) is 11.8 Å². The maximum atomic E-state index is 12.4. The van der Waals surface area contributed by atoms with Crippen molar-refractivity contribution in [2.75, 3.05) is 6.54 Å². The highest BCUT2D eigenvalue weighted by Gasteiger charge is 2.29. The third kappa shape index (κ3) is 5.91. The van der Waals surface area contributed by atoms with Crippen molar-refractivity contribution in [1.29, 1.82) is 0 Å². The molecule has 1 aromatic heterocycles. The van der Waals surface area contributed by atoms with Crippen molar-refractivity contribution < 1.29 is 9.59 Å². The molecule has 1 fully saturated rings. The first-order valence-corrected chi connectivity index (χ1v) is 9.70. The number of pyridine rings is 1. The number of amides is 2. The van der Waals surface area contributed by atoms with Crippen LogP contribution in [0.15, 0.2) is 54.9 Å². The van der Waals surface area contributed by atoms with Crippen LogP contribution in [-0.2, 0) is 22.6 Å². The summed E-state index contributed by atoms with van der Waals surface area (Å²) in [6, 6.07) is 14.0. The molecule has 2 aromatic rings. The van der Waals surface area contributed by atoms with Gasteiger partial charge in [-0.1, -0.05) is 36.4 Å². The van der Waals surface area contributed by atoms with Gasteiger partial charge in [-0.25, -0.2) is 0 Å². The molecule has 0 unspecified atom stereocenters. The zero-order chi connectivity index (χ0) is 18.9. The fourth-order valence-corrected chi connectivity index (χ4v) is 3.57. The number of rotatable bonds is 7. The monoisotopic (exact) mass is 365 g/mol. The highest BCUT2D eigenvalue weighted by molar-refractivity contribution is 5.81. The van der Waals surface area contributed by atoms with Crippen molar-refractivity contribution in [3.05, 3.63) is 66.0 Å². The molecule has 0 spiro atoms. The van der Waals surface area contributed by atoms with Gasteiger partial charge in [-0.05, 0) is 49.3 Å². The topological polar surface area (TPSA) is 71.1 Å². The number of carbonyl (C=O) groups excluding carboxylic acids is 2. The van der Waals surface area contributed by atoms with Crippen LogP contribution in [0.3, 0.4) is 0 Å². The van der Waals surface area contributed by atoms with E-state index in [1.807, 2.05) is 30.3 Å². The summed E-state index contributed by atoms with van der Waals surface area (Å²) >= 11 is 0. The molecule has 2 N–H and O–H groups in total. The predicted molar refractivity (Wildman–Crippen MR) is 105 cm³/mol. The largest absolute Gasteiger partial charge is 0.356 e. The predicted octanol–water partition coefficient (Wildman–Crippen LogP) is 2.86. The normalized spacial score (nSPS) is 19.3. The molecule has 1 saturated carbocycles. The van der Waals surface area contributed by atoms with Crippen LogP contribution in [0.4, 0.5) is 0 Å². The van der Waals surface area contributed by atoms with Crippen molar-refractivity contribution in [3.63, 3.8) is 0 Å². The lowest BCUT2D eigenvalue weighted by atomic mass is 9.81. The molecule has 1 aliphatic carbocycles. The number of nitrogens with zero attached hydrogens (tertiary/aromatic N) is 1. The van der Waals surface area contributed by atoms with E-state index in [1.165, 1.54) is 5.56 Å². The molecule has 27 heavy (non-hydrogen) atoms. The van der Waals surface area contributed by atoms with Crippen LogP contribution >= 0.6 is 0 Å². The fraction of sp³-hybridized carbons (Fsp3) is 0.409. The first kappa shape index (κ1) is 19.1. The average Bonchev–Trinajstić information content (AvgIpc) is 2.73. The first-order valence-electron chi connectivity index (χ1n) is 9.70. The van der Waals surface area contributed by atoms with Gasteiger partial charge >= 0.3 is 0 Å². The van der Waals surface area contributed by atoms with Gasteiger partial charge in [0, 0.05) is 37.3 Å². The number of benzene rings is 1. The third-order valence-corrected chi connectivity index (χ3v) is 5.21. The quantitative estimate of drug-likeness (QED) is 0.793. The Labute approximate surface area is 160 Å². The fourth-order valence-electron chi connectivity index (χ4n) is 3.57. The summed E-state index contributed by atoms with van der Waals surface area (Å²) in [5.41, 5.74) is 2.23. The minimum Gasteiger partial charge on any atom is -0.356 e. The number of carbonyl (C=O) groups is 2. The van der Waals surface area contributed by atoms with Crippen molar-refractivity contribution in [3.8, 4) is 0 Å². The Bertz CT molecular complexity index is 726. The minimum atomic E-state index is 0.00930. The Balaban J connectivity index is 1.35. The van der Waals surface area contributed by atoms with Crippen LogP contribution in [0.5, 0.6) is 0 Å². The van der Waals surface area contributed by atoms with Crippen molar-refractivity contribution in [1.82, 2.24) is 15.6 Å². The second kappa shape index (κ2) is 9.86. The second-order valence-corrected chi connectivity index (χ2v) is 7.15. The van der Waals surface area contributed by atoms with E-state index < -0.39 is 0 Å².